The van der Waals surface area contributed by atoms with Gasteiger partial charge in [0.1, 0.15) is 0 Å². The van der Waals surface area contributed by atoms with Crippen LogP contribution in [-0.4, -0.2) is 37.9 Å². The molecule has 1 aromatic rings. The number of sulfonamides is 1. The molecule has 2 fully saturated rings. The van der Waals surface area contributed by atoms with E-state index >= 15 is 0 Å². The lowest BCUT2D eigenvalue weighted by Crippen LogP contribution is -2.42. The van der Waals surface area contributed by atoms with Crippen molar-refractivity contribution in [3.63, 3.8) is 0 Å². The van der Waals surface area contributed by atoms with E-state index in [0.29, 0.717) is 5.92 Å². The summed E-state index contributed by atoms with van der Waals surface area (Å²) >= 11 is 6.02. The van der Waals surface area contributed by atoms with E-state index < -0.39 is 16.0 Å². The van der Waals surface area contributed by atoms with Crippen molar-refractivity contribution in [1.82, 2.24) is 4.31 Å². The first-order valence-electron chi connectivity index (χ1n) is 8.27. The van der Waals surface area contributed by atoms with Crippen molar-refractivity contribution in [2.75, 3.05) is 7.11 Å². The Morgan fingerprint density at radius 2 is 2.00 bits per heavy atom. The molecule has 7 heteroatoms. The summed E-state index contributed by atoms with van der Waals surface area (Å²) in [5.74, 6) is -0.262. The van der Waals surface area contributed by atoms with Gasteiger partial charge in [-0.2, -0.15) is 4.31 Å². The van der Waals surface area contributed by atoms with E-state index in [9.17, 15) is 13.2 Å². The number of nitrogens with zero attached hydrogens (tertiary/aromatic N) is 1. The molecule has 5 nitrogen and oxygen atoms in total. The van der Waals surface area contributed by atoms with Crippen LogP contribution in [0.25, 0.3) is 0 Å². The second-order valence-corrected chi connectivity index (χ2v) is 8.91. The minimum absolute atomic E-state index is 0.0169. The fraction of sp³-hybridized carbons (Fsp3) is 0.588. The number of hydrogen-bond acceptors (Lipinski definition) is 4. The molecule has 0 bridgehead atoms. The zero-order valence-electron chi connectivity index (χ0n) is 13.9. The lowest BCUT2D eigenvalue weighted by molar-refractivity contribution is 0.0596. The van der Waals surface area contributed by atoms with Crippen LogP contribution in [0.4, 0.5) is 0 Å². The first-order chi connectivity index (χ1) is 11.4. The van der Waals surface area contributed by atoms with Crippen LogP contribution in [0.3, 0.4) is 0 Å². The van der Waals surface area contributed by atoms with Crippen molar-refractivity contribution >= 4 is 27.6 Å². The van der Waals surface area contributed by atoms with E-state index in [4.69, 9.17) is 16.3 Å². The van der Waals surface area contributed by atoms with Gasteiger partial charge in [0.15, 0.2) is 0 Å². The molecule has 3 rings (SSSR count). The van der Waals surface area contributed by atoms with E-state index in [1.165, 1.54) is 25.3 Å². The monoisotopic (exact) mass is 371 g/mol. The normalized spacial score (nSPS) is 27.7. The molecule has 1 heterocycles. The van der Waals surface area contributed by atoms with Crippen LogP contribution < -0.4 is 0 Å². The number of esters is 1. The molecule has 0 aromatic heterocycles. The van der Waals surface area contributed by atoms with Crippen LogP contribution in [0.5, 0.6) is 0 Å². The summed E-state index contributed by atoms with van der Waals surface area (Å²) in [4.78, 5) is 12.0. The third-order valence-electron chi connectivity index (χ3n) is 5.18. The van der Waals surface area contributed by atoms with Gasteiger partial charge in [-0.3, -0.25) is 0 Å². The highest BCUT2D eigenvalue weighted by Crippen LogP contribution is 2.43. The maximum absolute atomic E-state index is 13.4. The van der Waals surface area contributed by atoms with E-state index in [0.717, 1.165) is 32.1 Å². The molecular weight excluding hydrogens is 350 g/mol. The number of carbonyl (C=O) groups excluding carboxylic acids is 1. The third-order valence-corrected chi connectivity index (χ3v) is 7.49. The predicted octanol–water partition coefficient (Wildman–Crippen LogP) is 3.47. The Bertz CT molecular complexity index is 749. The Hall–Kier alpha value is -1.11. The molecule has 0 radical (unpaired) electrons. The lowest BCUT2D eigenvalue weighted by atomic mass is 9.85. The van der Waals surface area contributed by atoms with Crippen molar-refractivity contribution in [3.05, 3.63) is 28.8 Å². The number of rotatable bonds is 3. The number of ether oxygens (including phenoxy) is 1. The molecule has 1 saturated carbocycles. The van der Waals surface area contributed by atoms with Crippen LogP contribution in [0.1, 0.15) is 49.4 Å². The van der Waals surface area contributed by atoms with Crippen LogP contribution in [0.2, 0.25) is 5.02 Å². The highest BCUT2D eigenvalue weighted by molar-refractivity contribution is 7.89. The molecule has 0 amide bonds. The molecule has 0 spiro atoms. The Morgan fingerprint density at radius 3 is 2.71 bits per heavy atom. The fourth-order valence-electron chi connectivity index (χ4n) is 4.18. The van der Waals surface area contributed by atoms with Crippen molar-refractivity contribution < 1.29 is 17.9 Å². The van der Waals surface area contributed by atoms with Crippen LogP contribution in [0.15, 0.2) is 23.1 Å². The zero-order chi connectivity index (χ0) is 17.5. The lowest BCUT2D eigenvalue weighted by Gasteiger charge is -2.32. The Labute approximate surface area is 148 Å². The predicted molar refractivity (Wildman–Crippen MR) is 91.6 cm³/mol. The van der Waals surface area contributed by atoms with Crippen molar-refractivity contribution in [2.24, 2.45) is 5.92 Å². The van der Waals surface area contributed by atoms with Gasteiger partial charge in [0.25, 0.3) is 0 Å². The highest BCUT2D eigenvalue weighted by atomic mass is 35.5. The first-order valence-corrected chi connectivity index (χ1v) is 10.1. The van der Waals surface area contributed by atoms with Crippen LogP contribution in [0, 0.1) is 5.92 Å². The Kier molecular flexibility index (Phi) is 4.91. The highest BCUT2D eigenvalue weighted by Gasteiger charge is 2.47. The van der Waals surface area contributed by atoms with Crippen molar-refractivity contribution in [3.8, 4) is 0 Å². The summed E-state index contributed by atoms with van der Waals surface area (Å²) in [7, 11) is -2.58. The summed E-state index contributed by atoms with van der Waals surface area (Å²) in [5, 5.41) is 0.285. The smallest absolute Gasteiger partial charge is 0.339 e. The molecule has 3 atom stereocenters. The summed E-state index contributed by atoms with van der Waals surface area (Å²) in [6, 6.07) is 4.21. The molecule has 2 aliphatic rings. The second kappa shape index (κ2) is 6.65. The van der Waals surface area contributed by atoms with Gasteiger partial charge in [-0.25, -0.2) is 13.2 Å². The molecule has 1 saturated heterocycles. The number of fused-ring (bicyclic) bond motifs is 1. The maximum Gasteiger partial charge on any atom is 0.339 e. The van der Waals surface area contributed by atoms with Crippen molar-refractivity contribution in [2.45, 2.75) is 56.0 Å². The minimum atomic E-state index is -3.82. The molecule has 1 aliphatic carbocycles. The van der Waals surface area contributed by atoms with Gasteiger partial charge in [-0.1, -0.05) is 24.4 Å². The van der Waals surface area contributed by atoms with E-state index in [1.54, 1.807) is 4.31 Å². The standard InChI is InChI=1S/C17H22ClNO4S/c1-11-9-12-5-3-4-6-15(12)19(11)24(21,22)16-10-13(18)7-8-14(16)17(20)23-2/h7-8,10-12,15H,3-6,9H2,1-2H3/t11-,12+,15+/m1/s1. The number of benzene rings is 1. The number of hydrogen-bond donors (Lipinski definition) is 0. The van der Waals surface area contributed by atoms with Gasteiger partial charge < -0.3 is 4.74 Å². The number of halogens is 1. The quantitative estimate of drug-likeness (QED) is 0.763. The zero-order valence-corrected chi connectivity index (χ0v) is 15.4. The fourth-order valence-corrected chi connectivity index (χ4v) is 6.55. The van der Waals surface area contributed by atoms with Gasteiger partial charge in [0.2, 0.25) is 10.0 Å². The van der Waals surface area contributed by atoms with E-state index in [-0.39, 0.29) is 27.6 Å². The van der Waals surface area contributed by atoms with Gasteiger partial charge in [-0.05, 0) is 50.3 Å². The van der Waals surface area contributed by atoms with Gasteiger partial charge >= 0.3 is 5.97 Å². The second-order valence-electron chi connectivity index (χ2n) is 6.66. The number of methoxy groups -OCH3 is 1. The summed E-state index contributed by atoms with van der Waals surface area (Å²) in [6.07, 6.45) is 5.02. The molecule has 24 heavy (non-hydrogen) atoms. The van der Waals surface area contributed by atoms with Crippen LogP contribution in [-0.2, 0) is 14.8 Å². The Balaban J connectivity index is 2.08. The molecule has 0 unspecified atom stereocenters. The van der Waals surface area contributed by atoms with Gasteiger partial charge in [0.05, 0.1) is 17.6 Å². The topological polar surface area (TPSA) is 63.7 Å². The van der Waals surface area contributed by atoms with Gasteiger partial charge in [0, 0.05) is 17.1 Å². The maximum atomic E-state index is 13.4. The Morgan fingerprint density at radius 1 is 1.29 bits per heavy atom. The van der Waals surface area contributed by atoms with Gasteiger partial charge in [-0.15, -0.1) is 0 Å². The van der Waals surface area contributed by atoms with E-state index in [2.05, 4.69) is 0 Å². The summed E-state index contributed by atoms with van der Waals surface area (Å²) in [6.45, 7) is 1.94. The molecular formula is C17H22ClNO4S. The average Bonchev–Trinajstić information content (AvgIpc) is 2.90. The van der Waals surface area contributed by atoms with Crippen molar-refractivity contribution in [1.29, 1.82) is 0 Å². The minimum Gasteiger partial charge on any atom is -0.465 e. The summed E-state index contributed by atoms with van der Waals surface area (Å²) in [5.41, 5.74) is 0.0355. The van der Waals surface area contributed by atoms with Crippen LogP contribution >= 0.6 is 11.6 Å². The largest absolute Gasteiger partial charge is 0.465 e. The third kappa shape index (κ3) is 2.95. The summed E-state index contributed by atoms with van der Waals surface area (Å²) < 4.78 is 33.1. The average molecular weight is 372 g/mol. The molecule has 1 aromatic carbocycles. The molecule has 0 N–H and O–H groups in total. The SMILES string of the molecule is COC(=O)c1ccc(Cl)cc1S(=O)(=O)N1[C@H](C)C[C@@H]2CCCC[C@@H]21. The number of carbonyl (C=O) groups is 1. The van der Waals surface area contributed by atoms with E-state index in [1.807, 2.05) is 6.92 Å². The first kappa shape index (κ1) is 17.7. The molecule has 132 valence electrons. The molecule has 1 aliphatic heterocycles.